The van der Waals surface area contributed by atoms with Crippen molar-refractivity contribution in [3.8, 4) is 5.75 Å². The molecule has 1 N–H and O–H groups in total. The monoisotopic (exact) mass is 328 g/mol. The molecule has 1 fully saturated rings. The molecule has 1 heterocycles. The molecule has 0 aliphatic carbocycles. The number of methoxy groups -OCH3 is 1. The number of hydrogen-bond acceptors (Lipinski definition) is 4. The minimum Gasteiger partial charge on any atom is -0.496 e. The highest BCUT2D eigenvalue weighted by Crippen LogP contribution is 2.32. The number of halogens is 1. The lowest BCUT2D eigenvalue weighted by atomic mass is 10.0. The number of hydrogen-bond donors (Lipinski definition) is 1. The molecule has 1 unspecified atom stereocenters. The van der Waals surface area contributed by atoms with Gasteiger partial charge in [0.05, 0.1) is 19.8 Å². The minimum absolute atomic E-state index is 0.00106. The Morgan fingerprint density at radius 2 is 2.00 bits per heavy atom. The average molecular weight is 329 g/mol. The molecule has 0 aromatic heterocycles. The van der Waals surface area contributed by atoms with Crippen molar-refractivity contribution < 1.29 is 9.84 Å². The predicted molar refractivity (Wildman–Crippen MR) is 79.6 cm³/mol. The van der Waals surface area contributed by atoms with Crippen molar-refractivity contribution in [2.75, 3.05) is 46.9 Å². The lowest BCUT2D eigenvalue weighted by Gasteiger charge is -2.37. The number of aliphatic hydroxyl groups excluding tert-OH is 1. The van der Waals surface area contributed by atoms with Gasteiger partial charge in [-0.2, -0.15) is 0 Å². The fraction of sp³-hybridized carbons (Fsp3) is 0.571. The van der Waals surface area contributed by atoms with Crippen LogP contribution in [-0.2, 0) is 0 Å². The molecule has 2 rings (SSSR count). The first-order chi connectivity index (χ1) is 9.15. The van der Waals surface area contributed by atoms with Gasteiger partial charge in [0, 0.05) is 36.2 Å². The molecule has 1 saturated heterocycles. The highest BCUT2D eigenvalue weighted by Gasteiger charge is 2.25. The van der Waals surface area contributed by atoms with E-state index < -0.39 is 0 Å². The van der Waals surface area contributed by atoms with Crippen LogP contribution in [0.2, 0.25) is 0 Å². The average Bonchev–Trinajstić information content (AvgIpc) is 2.42. The molecule has 1 aromatic rings. The van der Waals surface area contributed by atoms with Gasteiger partial charge in [-0.3, -0.25) is 4.90 Å². The van der Waals surface area contributed by atoms with Crippen molar-refractivity contribution in [2.24, 2.45) is 0 Å². The van der Waals surface area contributed by atoms with Crippen LogP contribution in [0, 0.1) is 0 Å². The quantitative estimate of drug-likeness (QED) is 0.913. The summed E-state index contributed by atoms with van der Waals surface area (Å²) in [4.78, 5) is 4.63. The molecule has 106 valence electrons. The van der Waals surface area contributed by atoms with Crippen molar-refractivity contribution in [2.45, 2.75) is 6.04 Å². The first-order valence-electron chi connectivity index (χ1n) is 6.52. The van der Waals surface area contributed by atoms with E-state index in [0.29, 0.717) is 0 Å². The Morgan fingerprint density at radius 3 is 2.58 bits per heavy atom. The molecular formula is C14H21BrN2O2. The first kappa shape index (κ1) is 14.8. The van der Waals surface area contributed by atoms with E-state index in [0.717, 1.165) is 42.0 Å². The molecular weight excluding hydrogens is 308 g/mol. The maximum Gasteiger partial charge on any atom is 0.123 e. The molecule has 0 saturated carbocycles. The maximum atomic E-state index is 9.78. The van der Waals surface area contributed by atoms with Crippen molar-refractivity contribution in [3.63, 3.8) is 0 Å². The normalized spacial score (nSPS) is 19.4. The van der Waals surface area contributed by atoms with Crippen LogP contribution in [0.25, 0.3) is 0 Å². The summed E-state index contributed by atoms with van der Waals surface area (Å²) in [7, 11) is 3.80. The third-order valence-electron chi connectivity index (χ3n) is 3.70. The number of nitrogens with zero attached hydrogens (tertiary/aromatic N) is 2. The predicted octanol–water partition coefficient (Wildman–Crippen LogP) is 1.74. The Bertz CT molecular complexity index is 420. The Kier molecular flexibility index (Phi) is 5.21. The van der Waals surface area contributed by atoms with Crippen molar-refractivity contribution >= 4 is 15.9 Å². The summed E-state index contributed by atoms with van der Waals surface area (Å²) in [5.41, 5.74) is 1.05. The summed E-state index contributed by atoms with van der Waals surface area (Å²) < 4.78 is 6.44. The third kappa shape index (κ3) is 3.48. The van der Waals surface area contributed by atoms with Crippen LogP contribution in [0.4, 0.5) is 0 Å². The van der Waals surface area contributed by atoms with E-state index in [-0.39, 0.29) is 12.6 Å². The summed E-state index contributed by atoms with van der Waals surface area (Å²) in [6.07, 6.45) is 0. The van der Waals surface area contributed by atoms with Crippen LogP contribution in [-0.4, -0.2) is 61.8 Å². The Hall–Kier alpha value is -0.620. The van der Waals surface area contributed by atoms with Crippen molar-refractivity contribution in [1.29, 1.82) is 0 Å². The number of rotatable bonds is 4. The van der Waals surface area contributed by atoms with Gasteiger partial charge in [0.1, 0.15) is 5.75 Å². The topological polar surface area (TPSA) is 35.9 Å². The van der Waals surface area contributed by atoms with Crippen molar-refractivity contribution in [3.05, 3.63) is 28.2 Å². The highest BCUT2D eigenvalue weighted by atomic mass is 79.9. The highest BCUT2D eigenvalue weighted by molar-refractivity contribution is 9.10. The SMILES string of the molecule is COc1ccc(Br)cc1C(CO)N1CCN(C)CC1. The zero-order valence-electron chi connectivity index (χ0n) is 11.5. The van der Waals surface area contributed by atoms with Crippen LogP contribution in [0.3, 0.4) is 0 Å². The van der Waals surface area contributed by atoms with Gasteiger partial charge in [-0.05, 0) is 25.2 Å². The van der Waals surface area contributed by atoms with Gasteiger partial charge in [-0.25, -0.2) is 0 Å². The Balaban J connectivity index is 2.23. The number of benzene rings is 1. The van der Waals surface area contributed by atoms with Gasteiger partial charge in [-0.1, -0.05) is 15.9 Å². The zero-order valence-corrected chi connectivity index (χ0v) is 13.1. The number of likely N-dealkylation sites (N-methyl/N-ethyl adjacent to an activating group) is 1. The molecule has 0 radical (unpaired) electrons. The standard InChI is InChI=1S/C14H21BrN2O2/c1-16-5-7-17(8-6-16)13(10-18)12-9-11(15)3-4-14(12)19-2/h3-4,9,13,18H,5-8,10H2,1-2H3. The van der Waals surface area contributed by atoms with E-state index in [1.165, 1.54) is 0 Å². The molecule has 0 spiro atoms. The van der Waals surface area contributed by atoms with Gasteiger partial charge in [0.15, 0.2) is 0 Å². The zero-order chi connectivity index (χ0) is 13.8. The smallest absolute Gasteiger partial charge is 0.123 e. The molecule has 1 aromatic carbocycles. The van der Waals surface area contributed by atoms with E-state index in [2.05, 4.69) is 32.8 Å². The van der Waals surface area contributed by atoms with Crippen LogP contribution in [0.5, 0.6) is 5.75 Å². The van der Waals surface area contributed by atoms with Gasteiger partial charge in [0.2, 0.25) is 0 Å². The Labute approximate surface area is 123 Å². The number of ether oxygens (including phenoxy) is 1. The summed E-state index contributed by atoms with van der Waals surface area (Å²) in [6, 6.07) is 5.94. The molecule has 1 aliphatic rings. The summed E-state index contributed by atoms with van der Waals surface area (Å²) in [5.74, 6) is 0.834. The molecule has 1 atom stereocenters. The molecule has 19 heavy (non-hydrogen) atoms. The van der Waals surface area contributed by atoms with Crippen LogP contribution >= 0.6 is 15.9 Å². The fourth-order valence-electron chi connectivity index (χ4n) is 2.51. The number of piperazine rings is 1. The fourth-order valence-corrected chi connectivity index (χ4v) is 2.89. The van der Waals surface area contributed by atoms with Gasteiger partial charge < -0.3 is 14.7 Å². The Morgan fingerprint density at radius 1 is 1.32 bits per heavy atom. The molecule has 4 nitrogen and oxygen atoms in total. The maximum absolute atomic E-state index is 9.78. The van der Waals surface area contributed by atoms with Crippen LogP contribution < -0.4 is 4.74 Å². The van der Waals surface area contributed by atoms with Gasteiger partial charge in [-0.15, -0.1) is 0 Å². The first-order valence-corrected chi connectivity index (χ1v) is 7.32. The molecule has 5 heteroatoms. The van der Waals surface area contributed by atoms with E-state index in [4.69, 9.17) is 4.74 Å². The van der Waals surface area contributed by atoms with Crippen molar-refractivity contribution in [1.82, 2.24) is 9.80 Å². The molecule has 0 amide bonds. The van der Waals surface area contributed by atoms with E-state index in [1.807, 2.05) is 18.2 Å². The molecule has 0 bridgehead atoms. The third-order valence-corrected chi connectivity index (χ3v) is 4.20. The van der Waals surface area contributed by atoms with E-state index in [9.17, 15) is 5.11 Å². The lowest BCUT2D eigenvalue weighted by molar-refractivity contribution is 0.0735. The minimum atomic E-state index is 0.00106. The number of aliphatic hydroxyl groups is 1. The van der Waals surface area contributed by atoms with Crippen LogP contribution in [0.15, 0.2) is 22.7 Å². The van der Waals surface area contributed by atoms with Gasteiger partial charge in [0.25, 0.3) is 0 Å². The van der Waals surface area contributed by atoms with E-state index >= 15 is 0 Å². The second-order valence-electron chi connectivity index (χ2n) is 4.92. The lowest BCUT2D eigenvalue weighted by Crippen LogP contribution is -2.46. The van der Waals surface area contributed by atoms with E-state index in [1.54, 1.807) is 7.11 Å². The van der Waals surface area contributed by atoms with Gasteiger partial charge >= 0.3 is 0 Å². The molecule has 1 aliphatic heterocycles. The second kappa shape index (κ2) is 6.70. The second-order valence-corrected chi connectivity index (χ2v) is 5.84. The summed E-state index contributed by atoms with van der Waals surface area (Å²) in [6.45, 7) is 4.12. The summed E-state index contributed by atoms with van der Waals surface area (Å²) in [5, 5.41) is 9.78. The largest absolute Gasteiger partial charge is 0.496 e. The van der Waals surface area contributed by atoms with Crippen LogP contribution in [0.1, 0.15) is 11.6 Å². The summed E-state index contributed by atoms with van der Waals surface area (Å²) >= 11 is 3.49.